The zero-order chi connectivity index (χ0) is 30.9. The van der Waals surface area contributed by atoms with Gasteiger partial charge in [-0.1, -0.05) is 25.7 Å². The highest BCUT2D eigenvalue weighted by atomic mass is 16.6. The second-order valence-electron chi connectivity index (χ2n) is 10.5. The molecule has 3 N–H and O–H groups in total. The van der Waals surface area contributed by atoms with Gasteiger partial charge in [0.05, 0.1) is 19.6 Å². The van der Waals surface area contributed by atoms with Crippen molar-refractivity contribution in [2.24, 2.45) is 0 Å². The van der Waals surface area contributed by atoms with E-state index in [0.717, 1.165) is 25.7 Å². The average Bonchev–Trinajstić information content (AvgIpc) is 2.96. The van der Waals surface area contributed by atoms with Crippen molar-refractivity contribution in [1.29, 1.82) is 0 Å². The highest BCUT2D eigenvalue weighted by Gasteiger charge is 2.38. The van der Waals surface area contributed by atoms with E-state index in [-0.39, 0.29) is 51.9 Å². The molecule has 238 valence electrons. The number of hydrogen-bond acceptors (Lipinski definition) is 13. The number of aliphatic carboxylic acids is 3. The molecule has 16 nitrogen and oxygen atoms in total. The Kier molecular flexibility index (Phi) is 15.7. The lowest BCUT2D eigenvalue weighted by atomic mass is 9.87. The molecule has 16 heteroatoms. The van der Waals surface area contributed by atoms with Crippen LogP contribution in [-0.4, -0.2) is 149 Å². The zero-order valence-electron chi connectivity index (χ0n) is 23.7. The van der Waals surface area contributed by atoms with Gasteiger partial charge in [0.15, 0.2) is 0 Å². The summed E-state index contributed by atoms with van der Waals surface area (Å²) in [6, 6.07) is -1.37. The first-order valence-corrected chi connectivity index (χ1v) is 14.0. The van der Waals surface area contributed by atoms with Crippen LogP contribution in [-0.2, 0) is 43.0 Å². The summed E-state index contributed by atoms with van der Waals surface area (Å²) < 4.78 is 15.0. The largest absolute Gasteiger partial charge is 0.480 e. The van der Waals surface area contributed by atoms with Crippen LogP contribution in [0.25, 0.3) is 0 Å². The number of nitrogens with zero attached hydrogens (tertiary/aromatic N) is 4. The van der Waals surface area contributed by atoms with Gasteiger partial charge < -0.3 is 29.5 Å². The Bertz CT molecular complexity index is 865. The number of carbonyl (C=O) groups is 6. The highest BCUT2D eigenvalue weighted by Crippen LogP contribution is 2.30. The quantitative estimate of drug-likeness (QED) is 0.0809. The van der Waals surface area contributed by atoms with Crippen molar-refractivity contribution < 1.29 is 58.3 Å². The maximum atomic E-state index is 11.9. The van der Waals surface area contributed by atoms with Crippen LogP contribution >= 0.6 is 0 Å². The van der Waals surface area contributed by atoms with E-state index < -0.39 is 43.1 Å². The van der Waals surface area contributed by atoms with Gasteiger partial charge in [0, 0.05) is 37.3 Å². The lowest BCUT2D eigenvalue weighted by molar-refractivity contribution is -0.151. The fourth-order valence-electron chi connectivity index (χ4n) is 6.25. The second kappa shape index (κ2) is 19.0. The molecule has 0 spiro atoms. The van der Waals surface area contributed by atoms with Gasteiger partial charge in [0.1, 0.15) is 20.2 Å². The first-order valence-electron chi connectivity index (χ1n) is 14.0. The van der Waals surface area contributed by atoms with Crippen LogP contribution in [0.15, 0.2) is 0 Å². The molecule has 2 fully saturated rings. The number of rotatable bonds is 22. The van der Waals surface area contributed by atoms with Crippen LogP contribution in [0.4, 0.5) is 0 Å². The fraction of sp³-hybridized carbons (Fsp3) is 0.769. The summed E-state index contributed by atoms with van der Waals surface area (Å²) in [4.78, 5) is 74.6. The van der Waals surface area contributed by atoms with Crippen LogP contribution in [0.1, 0.15) is 51.4 Å². The smallest absolute Gasteiger partial charge is 0.317 e. The minimum Gasteiger partial charge on any atom is -0.480 e. The molecule has 2 aliphatic rings. The maximum Gasteiger partial charge on any atom is 0.317 e. The molecular weight excluding hydrogens is 560 g/mol. The van der Waals surface area contributed by atoms with Crippen LogP contribution < -0.4 is 0 Å². The molecule has 0 saturated heterocycles. The van der Waals surface area contributed by atoms with Crippen LogP contribution in [0, 0.1) is 0 Å². The molecule has 0 aromatic rings. The number of carboxylic acids is 3. The third-order valence-electron chi connectivity index (χ3n) is 7.88. The molecule has 0 aromatic carbocycles. The van der Waals surface area contributed by atoms with E-state index in [1.165, 1.54) is 4.90 Å². The van der Waals surface area contributed by atoms with Gasteiger partial charge >= 0.3 is 17.9 Å². The molecule has 0 bridgehead atoms. The standard InChI is InChI=1S/C26H42N4O12/c31-17-40-14-28(21-6-2-4-8-23(21)30(15-41-18-32)16-42-19-33)10-9-27(11-24(34)35)20-5-1-3-7-22(20)29(12-25(36)37)13-26(38)39/h17-23H,1-16H2,(H,34,35)(H,36,37)(H,38,39)/t20-,21+,22-,23+/m0/s1. The van der Waals surface area contributed by atoms with Gasteiger partial charge in [-0.3, -0.25) is 43.5 Å². The van der Waals surface area contributed by atoms with E-state index >= 15 is 0 Å². The molecular formula is C26H42N4O12. The van der Waals surface area contributed by atoms with Crippen molar-refractivity contribution in [3.05, 3.63) is 0 Å². The van der Waals surface area contributed by atoms with Crippen molar-refractivity contribution in [2.75, 3.05) is 52.9 Å². The van der Waals surface area contributed by atoms with Gasteiger partial charge in [0.25, 0.3) is 19.4 Å². The van der Waals surface area contributed by atoms with Crippen molar-refractivity contribution in [2.45, 2.75) is 75.5 Å². The molecule has 4 atom stereocenters. The summed E-state index contributed by atoms with van der Waals surface area (Å²) in [6.45, 7) is -0.296. The number of carboxylic acid groups (broad SMARTS) is 3. The summed E-state index contributed by atoms with van der Waals surface area (Å²) in [7, 11) is 0. The van der Waals surface area contributed by atoms with Crippen molar-refractivity contribution >= 4 is 37.3 Å². The Morgan fingerprint density at radius 3 is 1.24 bits per heavy atom. The Hall–Kier alpha value is -3.34. The van der Waals surface area contributed by atoms with E-state index in [1.54, 1.807) is 9.80 Å². The molecule has 0 heterocycles. The van der Waals surface area contributed by atoms with Crippen molar-refractivity contribution in [3.8, 4) is 0 Å². The molecule has 0 aliphatic heterocycles. The molecule has 2 aliphatic carbocycles. The Morgan fingerprint density at radius 2 is 0.833 bits per heavy atom. The van der Waals surface area contributed by atoms with Crippen molar-refractivity contribution in [1.82, 2.24) is 19.6 Å². The summed E-state index contributed by atoms with van der Waals surface area (Å²) in [5, 5.41) is 28.6. The zero-order valence-corrected chi connectivity index (χ0v) is 23.7. The van der Waals surface area contributed by atoms with Gasteiger partial charge in [-0.15, -0.1) is 0 Å². The molecule has 0 unspecified atom stereocenters. The highest BCUT2D eigenvalue weighted by molar-refractivity contribution is 5.72. The molecule has 2 rings (SSSR count). The molecule has 0 amide bonds. The van der Waals surface area contributed by atoms with Crippen molar-refractivity contribution in [3.63, 3.8) is 0 Å². The normalized spacial score (nSPS) is 22.6. The lowest BCUT2D eigenvalue weighted by Crippen LogP contribution is -2.59. The first-order chi connectivity index (χ1) is 20.2. The third-order valence-corrected chi connectivity index (χ3v) is 7.88. The maximum absolute atomic E-state index is 11.9. The van der Waals surface area contributed by atoms with E-state index in [4.69, 9.17) is 14.2 Å². The van der Waals surface area contributed by atoms with E-state index in [0.29, 0.717) is 45.1 Å². The van der Waals surface area contributed by atoms with Crippen LogP contribution in [0.3, 0.4) is 0 Å². The lowest BCUT2D eigenvalue weighted by Gasteiger charge is -2.46. The minimum absolute atomic E-state index is 0.0965. The van der Waals surface area contributed by atoms with Crippen LogP contribution in [0.5, 0.6) is 0 Å². The van der Waals surface area contributed by atoms with Crippen LogP contribution in [0.2, 0.25) is 0 Å². The van der Waals surface area contributed by atoms with Gasteiger partial charge in [-0.05, 0) is 25.7 Å². The second-order valence-corrected chi connectivity index (χ2v) is 10.5. The fourth-order valence-corrected chi connectivity index (χ4v) is 6.25. The number of ether oxygens (including phenoxy) is 3. The van der Waals surface area contributed by atoms with Gasteiger partial charge in [-0.25, -0.2) is 4.90 Å². The minimum atomic E-state index is -1.17. The molecule has 0 radical (unpaired) electrons. The van der Waals surface area contributed by atoms with E-state index in [1.807, 2.05) is 4.90 Å². The predicted molar refractivity (Wildman–Crippen MR) is 143 cm³/mol. The summed E-state index contributed by atoms with van der Waals surface area (Å²) in [5.41, 5.74) is 0. The number of hydrogen-bond donors (Lipinski definition) is 3. The first kappa shape index (κ1) is 34.9. The van der Waals surface area contributed by atoms with Gasteiger partial charge in [0.2, 0.25) is 0 Å². The monoisotopic (exact) mass is 602 g/mol. The predicted octanol–water partition coefficient (Wildman–Crippen LogP) is -0.538. The topological polar surface area (TPSA) is 204 Å². The number of carbonyl (C=O) groups excluding carboxylic acids is 3. The summed E-state index contributed by atoms with van der Waals surface area (Å²) in [5.74, 6) is -3.43. The average molecular weight is 603 g/mol. The third kappa shape index (κ3) is 11.5. The Morgan fingerprint density at radius 1 is 0.524 bits per heavy atom. The molecule has 42 heavy (non-hydrogen) atoms. The molecule has 0 aromatic heterocycles. The Balaban J connectivity index is 2.31. The van der Waals surface area contributed by atoms with E-state index in [2.05, 4.69) is 0 Å². The summed E-state index contributed by atoms with van der Waals surface area (Å²) in [6.07, 6.45) is 5.69. The molecule has 2 saturated carbocycles. The summed E-state index contributed by atoms with van der Waals surface area (Å²) >= 11 is 0. The SMILES string of the molecule is O=COCN(CCN(CC(=O)O)[C@H]1CCCC[C@@H]1N(CC(=O)O)CC(=O)O)[C@@H]1CCCC[C@H]1N(COC=O)COC=O. The van der Waals surface area contributed by atoms with Gasteiger partial charge in [-0.2, -0.15) is 0 Å². The Labute approximate surface area is 244 Å². The van der Waals surface area contributed by atoms with E-state index in [9.17, 15) is 44.1 Å².